The molecule has 0 aliphatic rings. The van der Waals surface area contributed by atoms with E-state index in [2.05, 4.69) is 9.50 Å². The van der Waals surface area contributed by atoms with Crippen molar-refractivity contribution < 1.29 is 22.3 Å². The molecule has 0 atom stereocenters. The number of anilines is 2. The SMILES string of the molecule is O=S(=O)(O)Oc1cc(O)c2cc(Nc3ccccc3)ccc2c1. The second-order valence-corrected chi connectivity index (χ2v) is 5.90. The van der Waals surface area contributed by atoms with Crippen LogP contribution in [0.25, 0.3) is 10.8 Å². The van der Waals surface area contributed by atoms with Crippen LogP contribution in [0.15, 0.2) is 60.7 Å². The van der Waals surface area contributed by atoms with Gasteiger partial charge < -0.3 is 14.6 Å². The summed E-state index contributed by atoms with van der Waals surface area (Å²) in [5, 5.41) is 14.3. The van der Waals surface area contributed by atoms with Crippen molar-refractivity contribution in [3.05, 3.63) is 60.7 Å². The standard InChI is InChI=1S/C16H13NO5S/c18-16-10-14(22-23(19,20)21)8-11-6-7-13(9-15(11)16)17-12-4-2-1-3-5-12/h1-10,17-18H,(H,19,20,21). The van der Waals surface area contributed by atoms with E-state index in [9.17, 15) is 13.5 Å². The molecule has 0 bridgehead atoms. The van der Waals surface area contributed by atoms with Gasteiger partial charge in [-0.2, -0.15) is 8.42 Å². The molecule has 0 aliphatic carbocycles. The second kappa shape index (κ2) is 5.79. The number of fused-ring (bicyclic) bond motifs is 1. The van der Waals surface area contributed by atoms with Gasteiger partial charge >= 0.3 is 10.4 Å². The number of hydrogen-bond donors (Lipinski definition) is 3. The molecule has 3 N–H and O–H groups in total. The quantitative estimate of drug-likeness (QED) is 0.634. The predicted molar refractivity (Wildman–Crippen MR) is 87.5 cm³/mol. The first-order valence-corrected chi connectivity index (χ1v) is 8.03. The molecule has 0 spiro atoms. The molecule has 3 aromatic rings. The van der Waals surface area contributed by atoms with Crippen molar-refractivity contribution in [1.29, 1.82) is 0 Å². The number of phenolic OH excluding ortho intramolecular Hbond substituents is 1. The van der Waals surface area contributed by atoms with E-state index in [1.165, 1.54) is 6.07 Å². The van der Waals surface area contributed by atoms with E-state index in [-0.39, 0.29) is 11.5 Å². The van der Waals surface area contributed by atoms with Crippen LogP contribution in [0.2, 0.25) is 0 Å². The van der Waals surface area contributed by atoms with Crippen LogP contribution in [0.5, 0.6) is 11.5 Å². The van der Waals surface area contributed by atoms with Crippen LogP contribution in [0, 0.1) is 0 Å². The van der Waals surface area contributed by atoms with Gasteiger partial charge in [-0.05, 0) is 35.7 Å². The smallest absolute Gasteiger partial charge is 0.446 e. The molecule has 0 amide bonds. The average Bonchev–Trinajstić information content (AvgIpc) is 2.47. The number of benzene rings is 3. The third-order valence-electron chi connectivity index (χ3n) is 3.17. The highest BCUT2D eigenvalue weighted by molar-refractivity contribution is 7.81. The molecule has 0 saturated heterocycles. The van der Waals surface area contributed by atoms with E-state index in [1.54, 1.807) is 18.2 Å². The Morgan fingerprint density at radius 1 is 0.913 bits per heavy atom. The first kappa shape index (κ1) is 15.1. The normalized spacial score (nSPS) is 11.3. The van der Waals surface area contributed by atoms with Gasteiger partial charge in [0.1, 0.15) is 11.5 Å². The van der Waals surface area contributed by atoms with Crippen molar-refractivity contribution in [1.82, 2.24) is 0 Å². The summed E-state index contributed by atoms with van der Waals surface area (Å²) < 4.78 is 34.6. The van der Waals surface area contributed by atoms with E-state index in [4.69, 9.17) is 4.55 Å². The fourth-order valence-corrected chi connectivity index (χ4v) is 2.59. The van der Waals surface area contributed by atoms with Crippen molar-refractivity contribution in [2.24, 2.45) is 0 Å². The first-order valence-electron chi connectivity index (χ1n) is 6.66. The molecule has 0 radical (unpaired) electrons. The van der Waals surface area contributed by atoms with Gasteiger partial charge in [0, 0.05) is 22.8 Å². The molecule has 0 fully saturated rings. The van der Waals surface area contributed by atoms with E-state index >= 15 is 0 Å². The highest BCUT2D eigenvalue weighted by Gasteiger charge is 2.11. The van der Waals surface area contributed by atoms with Gasteiger partial charge in [-0.1, -0.05) is 24.3 Å². The predicted octanol–water partition coefficient (Wildman–Crippen LogP) is 3.47. The maximum Gasteiger partial charge on any atom is 0.446 e. The summed E-state index contributed by atoms with van der Waals surface area (Å²) in [7, 11) is -4.63. The molecule has 3 rings (SSSR count). The molecule has 7 heteroatoms. The van der Waals surface area contributed by atoms with Crippen LogP contribution in [-0.2, 0) is 10.4 Å². The number of hydrogen-bond acceptors (Lipinski definition) is 5. The fourth-order valence-electron chi connectivity index (χ4n) is 2.25. The molecule has 6 nitrogen and oxygen atoms in total. The minimum atomic E-state index is -4.63. The molecule has 0 unspecified atom stereocenters. The van der Waals surface area contributed by atoms with Gasteiger partial charge in [-0.15, -0.1) is 0 Å². The van der Waals surface area contributed by atoms with Crippen LogP contribution >= 0.6 is 0 Å². The first-order chi connectivity index (χ1) is 10.9. The molecular weight excluding hydrogens is 318 g/mol. The third-order valence-corrected chi connectivity index (χ3v) is 3.57. The van der Waals surface area contributed by atoms with Crippen LogP contribution in [0.3, 0.4) is 0 Å². The molecule has 3 aromatic carbocycles. The summed E-state index contributed by atoms with van der Waals surface area (Å²) >= 11 is 0. The Balaban J connectivity index is 1.97. The van der Waals surface area contributed by atoms with Crippen molar-refractivity contribution in [2.75, 3.05) is 5.32 Å². The van der Waals surface area contributed by atoms with Crippen molar-refractivity contribution in [3.63, 3.8) is 0 Å². The summed E-state index contributed by atoms with van der Waals surface area (Å²) in [4.78, 5) is 0. The van der Waals surface area contributed by atoms with Crippen LogP contribution in [0.4, 0.5) is 11.4 Å². The topological polar surface area (TPSA) is 95.9 Å². The average molecular weight is 331 g/mol. The van der Waals surface area contributed by atoms with Crippen molar-refractivity contribution in [2.45, 2.75) is 0 Å². The van der Waals surface area contributed by atoms with E-state index in [0.29, 0.717) is 10.8 Å². The number of nitrogens with one attached hydrogen (secondary N) is 1. The summed E-state index contributed by atoms with van der Waals surface area (Å²) in [6.45, 7) is 0. The maximum atomic E-state index is 10.7. The summed E-state index contributed by atoms with van der Waals surface area (Å²) in [6.07, 6.45) is 0. The highest BCUT2D eigenvalue weighted by atomic mass is 32.3. The van der Waals surface area contributed by atoms with Crippen molar-refractivity contribution >= 4 is 32.5 Å². The Bertz CT molecular complexity index is 955. The minimum Gasteiger partial charge on any atom is -0.507 e. The Hall–Kier alpha value is -2.77. The summed E-state index contributed by atoms with van der Waals surface area (Å²) in [6, 6.07) is 17.3. The van der Waals surface area contributed by atoms with Gasteiger partial charge in [0.15, 0.2) is 0 Å². The molecule has 118 valence electrons. The van der Waals surface area contributed by atoms with Gasteiger partial charge in [0.05, 0.1) is 0 Å². The lowest BCUT2D eigenvalue weighted by molar-refractivity contribution is 0.386. The van der Waals surface area contributed by atoms with Gasteiger partial charge in [-0.3, -0.25) is 4.55 Å². The number of rotatable bonds is 4. The number of phenols is 1. The third kappa shape index (κ3) is 3.71. The Morgan fingerprint density at radius 2 is 1.65 bits per heavy atom. The molecule has 0 saturated carbocycles. The lowest BCUT2D eigenvalue weighted by atomic mass is 10.1. The van der Waals surface area contributed by atoms with Gasteiger partial charge in [0.2, 0.25) is 0 Å². The van der Waals surface area contributed by atoms with E-state index < -0.39 is 10.4 Å². The van der Waals surface area contributed by atoms with E-state index in [0.717, 1.165) is 17.4 Å². The Kier molecular flexibility index (Phi) is 3.81. The zero-order chi connectivity index (χ0) is 16.4. The fraction of sp³-hybridized carbons (Fsp3) is 0. The Morgan fingerprint density at radius 3 is 2.35 bits per heavy atom. The molecule has 0 aromatic heterocycles. The zero-order valence-corrected chi connectivity index (χ0v) is 12.6. The zero-order valence-electron chi connectivity index (χ0n) is 11.8. The van der Waals surface area contributed by atoms with Crippen LogP contribution in [-0.4, -0.2) is 18.1 Å². The van der Waals surface area contributed by atoms with Gasteiger partial charge in [-0.25, -0.2) is 0 Å². The highest BCUT2D eigenvalue weighted by Crippen LogP contribution is 2.33. The summed E-state index contributed by atoms with van der Waals surface area (Å²) in [5.74, 6) is -0.320. The van der Waals surface area contributed by atoms with Crippen LogP contribution in [0.1, 0.15) is 0 Å². The molecule has 0 aliphatic heterocycles. The minimum absolute atomic E-state index is 0.155. The lowest BCUT2D eigenvalue weighted by Gasteiger charge is -2.10. The van der Waals surface area contributed by atoms with E-state index in [1.807, 2.05) is 30.3 Å². The lowest BCUT2D eigenvalue weighted by Crippen LogP contribution is -2.06. The molecule has 0 heterocycles. The second-order valence-electron chi connectivity index (χ2n) is 4.88. The molecular formula is C16H13NO5S. The summed E-state index contributed by atoms with van der Waals surface area (Å²) in [5.41, 5.74) is 1.67. The largest absolute Gasteiger partial charge is 0.507 e. The Labute approximate surface area is 132 Å². The number of aromatic hydroxyl groups is 1. The monoisotopic (exact) mass is 331 g/mol. The molecule has 23 heavy (non-hydrogen) atoms. The van der Waals surface area contributed by atoms with Gasteiger partial charge in [0.25, 0.3) is 0 Å². The van der Waals surface area contributed by atoms with Crippen molar-refractivity contribution in [3.8, 4) is 11.5 Å². The van der Waals surface area contributed by atoms with Crippen LogP contribution < -0.4 is 9.50 Å². The number of para-hydroxylation sites is 1. The maximum absolute atomic E-state index is 10.7.